The summed E-state index contributed by atoms with van der Waals surface area (Å²) in [5.74, 6) is -0.515. The van der Waals surface area contributed by atoms with Crippen molar-refractivity contribution in [3.05, 3.63) is 64.0 Å². The van der Waals surface area contributed by atoms with Gasteiger partial charge in [-0.05, 0) is 48.6 Å². The summed E-state index contributed by atoms with van der Waals surface area (Å²) in [6.07, 6.45) is 2.38. The van der Waals surface area contributed by atoms with E-state index < -0.39 is 5.91 Å². The number of carbonyl (C=O) groups excluding carboxylic acids is 1. The molecule has 0 spiro atoms. The van der Waals surface area contributed by atoms with Gasteiger partial charge in [-0.25, -0.2) is 5.48 Å². The maximum absolute atomic E-state index is 11.5. The summed E-state index contributed by atoms with van der Waals surface area (Å²) < 4.78 is 0. The maximum atomic E-state index is 11.5. The number of hydroxylamine groups is 1. The van der Waals surface area contributed by atoms with Gasteiger partial charge >= 0.3 is 0 Å². The molecule has 5 nitrogen and oxygen atoms in total. The predicted molar refractivity (Wildman–Crippen MR) is 87.2 cm³/mol. The van der Waals surface area contributed by atoms with Crippen LogP contribution < -0.4 is 5.48 Å². The minimum absolute atomic E-state index is 0.398. The first-order valence-electron chi connectivity index (χ1n) is 7.78. The van der Waals surface area contributed by atoms with Gasteiger partial charge < -0.3 is 0 Å². The molecule has 1 amide bonds. The molecule has 0 unspecified atom stereocenters. The van der Waals surface area contributed by atoms with Crippen molar-refractivity contribution in [2.45, 2.75) is 33.4 Å². The molecule has 3 rings (SSSR count). The third-order valence-electron chi connectivity index (χ3n) is 4.52. The molecule has 2 aromatic rings. The van der Waals surface area contributed by atoms with Gasteiger partial charge in [0.1, 0.15) is 0 Å². The van der Waals surface area contributed by atoms with E-state index in [1.165, 1.54) is 22.9 Å². The second-order valence-corrected chi connectivity index (χ2v) is 6.10. The lowest BCUT2D eigenvalue weighted by Crippen LogP contribution is -2.31. The van der Waals surface area contributed by atoms with Crippen molar-refractivity contribution < 1.29 is 10.0 Å². The number of nitrogens with zero attached hydrogens (tertiary/aromatic N) is 2. The Kier molecular flexibility index (Phi) is 4.41. The summed E-state index contributed by atoms with van der Waals surface area (Å²) in [4.78, 5) is 18.3. The molecular weight excluding hydrogens is 290 g/mol. The molecule has 2 heterocycles. The van der Waals surface area contributed by atoms with Gasteiger partial charge in [0.25, 0.3) is 5.91 Å². The molecule has 120 valence electrons. The fourth-order valence-electron chi connectivity index (χ4n) is 3.11. The molecule has 1 aliphatic rings. The van der Waals surface area contributed by atoms with E-state index in [0.29, 0.717) is 5.56 Å². The Morgan fingerprint density at radius 3 is 2.78 bits per heavy atom. The minimum Gasteiger partial charge on any atom is -0.293 e. The summed E-state index contributed by atoms with van der Waals surface area (Å²) in [5.41, 5.74) is 8.17. The number of aromatic nitrogens is 1. The van der Waals surface area contributed by atoms with Crippen LogP contribution in [0.1, 0.15) is 38.3 Å². The molecule has 0 bridgehead atoms. The number of amides is 1. The van der Waals surface area contributed by atoms with Crippen LogP contribution in [0.15, 0.2) is 30.5 Å². The molecule has 1 aromatic carbocycles. The summed E-state index contributed by atoms with van der Waals surface area (Å²) in [6, 6.07) is 8.22. The fourth-order valence-corrected chi connectivity index (χ4v) is 3.11. The van der Waals surface area contributed by atoms with E-state index in [4.69, 9.17) is 5.21 Å². The average Bonchev–Trinajstić information content (AvgIpc) is 2.57. The number of nitrogens with one attached hydrogen (secondary N) is 1. The first-order chi connectivity index (χ1) is 11.1. The maximum Gasteiger partial charge on any atom is 0.276 e. The van der Waals surface area contributed by atoms with Crippen molar-refractivity contribution in [3.63, 3.8) is 0 Å². The van der Waals surface area contributed by atoms with Gasteiger partial charge in [-0.2, -0.15) is 0 Å². The third kappa shape index (κ3) is 3.25. The first-order valence-corrected chi connectivity index (χ1v) is 7.78. The lowest BCUT2D eigenvalue weighted by atomic mass is 9.99. The lowest BCUT2D eigenvalue weighted by Gasteiger charge is -2.29. The normalized spacial score (nSPS) is 14.4. The Hall–Kier alpha value is -2.24. The van der Waals surface area contributed by atoms with Crippen molar-refractivity contribution >= 4 is 5.91 Å². The molecule has 0 saturated heterocycles. The van der Waals surface area contributed by atoms with Gasteiger partial charge in [0.15, 0.2) is 0 Å². The van der Waals surface area contributed by atoms with Crippen molar-refractivity contribution in [1.29, 1.82) is 0 Å². The molecule has 0 radical (unpaired) electrons. The highest BCUT2D eigenvalue weighted by atomic mass is 16.5. The largest absolute Gasteiger partial charge is 0.293 e. The van der Waals surface area contributed by atoms with E-state index >= 15 is 0 Å². The zero-order valence-electron chi connectivity index (χ0n) is 13.5. The minimum atomic E-state index is -0.515. The molecule has 2 N–H and O–H groups in total. The highest BCUT2D eigenvalue weighted by Gasteiger charge is 2.20. The molecular formula is C18H21N3O2. The van der Waals surface area contributed by atoms with Crippen LogP contribution in [0.4, 0.5) is 0 Å². The number of hydrogen-bond acceptors (Lipinski definition) is 4. The van der Waals surface area contributed by atoms with Gasteiger partial charge in [0, 0.05) is 25.8 Å². The SMILES string of the molecule is Cc1cccc(C)c1CN1CCc2cc(C(=O)NO)cnc2C1. The van der Waals surface area contributed by atoms with Crippen molar-refractivity contribution in [2.75, 3.05) is 6.54 Å². The highest BCUT2D eigenvalue weighted by Crippen LogP contribution is 2.22. The second-order valence-electron chi connectivity index (χ2n) is 6.10. The monoisotopic (exact) mass is 311 g/mol. The highest BCUT2D eigenvalue weighted by molar-refractivity contribution is 5.93. The van der Waals surface area contributed by atoms with Crippen LogP contribution in [0, 0.1) is 13.8 Å². The number of hydrogen-bond donors (Lipinski definition) is 2. The Balaban J connectivity index is 1.77. The molecule has 5 heteroatoms. The van der Waals surface area contributed by atoms with E-state index in [1.54, 1.807) is 5.48 Å². The molecule has 0 atom stereocenters. The van der Waals surface area contributed by atoms with Crippen LogP contribution in [0.25, 0.3) is 0 Å². The van der Waals surface area contributed by atoms with Crippen LogP contribution in [0.2, 0.25) is 0 Å². The number of aryl methyl sites for hydroxylation is 2. The van der Waals surface area contributed by atoms with E-state index in [2.05, 4.69) is 41.9 Å². The quantitative estimate of drug-likeness (QED) is 0.675. The standard InChI is InChI=1S/C18H21N3O2/c1-12-4-3-5-13(2)16(12)10-21-7-6-14-8-15(18(22)20-23)9-19-17(14)11-21/h3-5,8-9,23H,6-7,10-11H2,1-2H3,(H,20,22). The molecule has 1 aromatic heterocycles. The summed E-state index contributed by atoms with van der Waals surface area (Å²) in [7, 11) is 0. The lowest BCUT2D eigenvalue weighted by molar-refractivity contribution is 0.0705. The van der Waals surface area contributed by atoms with E-state index in [-0.39, 0.29) is 0 Å². The zero-order chi connectivity index (χ0) is 16.4. The number of rotatable bonds is 3. The number of carbonyl (C=O) groups is 1. The van der Waals surface area contributed by atoms with Gasteiger partial charge in [0.2, 0.25) is 0 Å². The van der Waals surface area contributed by atoms with E-state index in [9.17, 15) is 4.79 Å². The summed E-state index contributed by atoms with van der Waals surface area (Å²) >= 11 is 0. The van der Waals surface area contributed by atoms with E-state index in [0.717, 1.165) is 37.3 Å². The van der Waals surface area contributed by atoms with Crippen molar-refractivity contribution in [2.24, 2.45) is 0 Å². The molecule has 1 aliphatic heterocycles. The van der Waals surface area contributed by atoms with Gasteiger partial charge in [0.05, 0.1) is 11.3 Å². The molecule has 23 heavy (non-hydrogen) atoms. The number of fused-ring (bicyclic) bond motifs is 1. The Labute approximate surface area is 135 Å². The van der Waals surface area contributed by atoms with Crippen LogP contribution in [0.5, 0.6) is 0 Å². The van der Waals surface area contributed by atoms with Crippen LogP contribution >= 0.6 is 0 Å². The van der Waals surface area contributed by atoms with Crippen molar-refractivity contribution in [1.82, 2.24) is 15.4 Å². The zero-order valence-corrected chi connectivity index (χ0v) is 13.5. The van der Waals surface area contributed by atoms with Crippen molar-refractivity contribution in [3.8, 4) is 0 Å². The Morgan fingerprint density at radius 2 is 2.09 bits per heavy atom. The number of benzene rings is 1. The first kappa shape index (κ1) is 15.6. The predicted octanol–water partition coefficient (Wildman–Crippen LogP) is 2.38. The molecule has 0 saturated carbocycles. The average molecular weight is 311 g/mol. The van der Waals surface area contributed by atoms with Crippen LogP contribution in [0.3, 0.4) is 0 Å². The van der Waals surface area contributed by atoms with Gasteiger partial charge in [-0.1, -0.05) is 18.2 Å². The van der Waals surface area contributed by atoms with Crippen LogP contribution in [-0.4, -0.2) is 27.5 Å². The topological polar surface area (TPSA) is 65.5 Å². The number of pyridine rings is 1. The Morgan fingerprint density at radius 1 is 1.35 bits per heavy atom. The molecule has 0 fully saturated rings. The summed E-state index contributed by atoms with van der Waals surface area (Å²) in [6.45, 7) is 6.94. The van der Waals surface area contributed by atoms with E-state index in [1.807, 2.05) is 6.07 Å². The van der Waals surface area contributed by atoms with Gasteiger partial charge in [-0.3, -0.25) is 19.9 Å². The van der Waals surface area contributed by atoms with Crippen LogP contribution in [-0.2, 0) is 19.5 Å². The Bertz CT molecular complexity index is 723. The third-order valence-corrected chi connectivity index (χ3v) is 4.52. The fraction of sp³-hybridized carbons (Fsp3) is 0.333. The smallest absolute Gasteiger partial charge is 0.276 e. The van der Waals surface area contributed by atoms with Gasteiger partial charge in [-0.15, -0.1) is 0 Å². The summed E-state index contributed by atoms with van der Waals surface area (Å²) in [5, 5.41) is 8.71. The molecule has 0 aliphatic carbocycles. The second kappa shape index (κ2) is 6.48.